The average Bonchev–Trinajstić information content (AvgIpc) is 3.08. The molecule has 0 spiro atoms. The van der Waals surface area contributed by atoms with Crippen LogP contribution in [-0.2, 0) is 24.3 Å². The molecule has 3 rings (SSSR count). The lowest BCUT2D eigenvalue weighted by Crippen LogP contribution is -2.32. The summed E-state index contributed by atoms with van der Waals surface area (Å²) in [6.45, 7) is 4.60. The molecule has 0 aromatic heterocycles. The lowest BCUT2D eigenvalue weighted by molar-refractivity contribution is -0.140. The molecule has 1 saturated heterocycles. The van der Waals surface area contributed by atoms with E-state index in [0.717, 1.165) is 0 Å². The van der Waals surface area contributed by atoms with Crippen molar-refractivity contribution < 1.29 is 27.9 Å². The van der Waals surface area contributed by atoms with E-state index in [9.17, 15) is 23.1 Å². The van der Waals surface area contributed by atoms with Crippen LogP contribution in [0.15, 0.2) is 65.1 Å². The third kappa shape index (κ3) is 4.71. The van der Waals surface area contributed by atoms with Crippen molar-refractivity contribution in [1.29, 1.82) is 0 Å². The number of ketones is 1. The number of sulfonamides is 1. The van der Waals surface area contributed by atoms with Crippen molar-refractivity contribution in [3.63, 3.8) is 0 Å². The standard InChI is InChI=1S/C24H28N2O6S/c1-4-25(5-2)33(30,31)19-13-11-18(12-14-19)22(27)20-21(17-9-7-6-8-10-17)26(15-16-32-3)24(29)23(20)28/h6-14,21,27H,4-5,15-16H2,1-3H3/b22-20+. The van der Waals surface area contributed by atoms with Crippen molar-refractivity contribution in [3.05, 3.63) is 71.3 Å². The maximum atomic E-state index is 12.9. The van der Waals surface area contributed by atoms with Crippen LogP contribution < -0.4 is 0 Å². The van der Waals surface area contributed by atoms with Gasteiger partial charge in [0, 0.05) is 32.3 Å². The highest BCUT2D eigenvalue weighted by atomic mass is 32.2. The summed E-state index contributed by atoms with van der Waals surface area (Å²) >= 11 is 0. The predicted molar refractivity (Wildman–Crippen MR) is 124 cm³/mol. The van der Waals surface area contributed by atoms with Gasteiger partial charge in [0.05, 0.1) is 23.1 Å². The normalized spacial score (nSPS) is 18.3. The molecule has 0 radical (unpaired) electrons. The van der Waals surface area contributed by atoms with Crippen molar-refractivity contribution in [2.45, 2.75) is 24.8 Å². The summed E-state index contributed by atoms with van der Waals surface area (Å²) in [7, 11) is -2.16. The molecule has 0 bridgehead atoms. The third-order valence-corrected chi connectivity index (χ3v) is 7.73. The Morgan fingerprint density at radius 2 is 1.64 bits per heavy atom. The second-order valence-electron chi connectivity index (χ2n) is 7.51. The minimum Gasteiger partial charge on any atom is -0.507 e. The van der Waals surface area contributed by atoms with Crippen LogP contribution in [0, 0.1) is 0 Å². The highest BCUT2D eigenvalue weighted by molar-refractivity contribution is 7.89. The molecule has 1 aliphatic rings. The van der Waals surface area contributed by atoms with Gasteiger partial charge in [-0.25, -0.2) is 8.42 Å². The number of methoxy groups -OCH3 is 1. The Hall–Kier alpha value is -3.01. The largest absolute Gasteiger partial charge is 0.507 e. The van der Waals surface area contributed by atoms with E-state index in [1.54, 1.807) is 38.1 Å². The fourth-order valence-corrected chi connectivity index (χ4v) is 5.39. The van der Waals surface area contributed by atoms with E-state index < -0.39 is 27.8 Å². The van der Waals surface area contributed by atoms with Crippen LogP contribution in [0.25, 0.3) is 5.76 Å². The number of aliphatic hydroxyl groups is 1. The zero-order valence-corrected chi connectivity index (χ0v) is 19.7. The molecule has 9 heteroatoms. The molecular weight excluding hydrogens is 444 g/mol. The van der Waals surface area contributed by atoms with E-state index >= 15 is 0 Å². The number of carbonyl (C=O) groups is 2. The first-order valence-electron chi connectivity index (χ1n) is 10.7. The first-order chi connectivity index (χ1) is 15.8. The van der Waals surface area contributed by atoms with Gasteiger partial charge in [-0.15, -0.1) is 0 Å². The van der Waals surface area contributed by atoms with Gasteiger partial charge in [0.2, 0.25) is 10.0 Å². The fourth-order valence-electron chi connectivity index (χ4n) is 3.94. The average molecular weight is 473 g/mol. The smallest absolute Gasteiger partial charge is 0.295 e. The van der Waals surface area contributed by atoms with Crippen molar-refractivity contribution in [1.82, 2.24) is 9.21 Å². The number of rotatable bonds is 9. The maximum absolute atomic E-state index is 12.9. The van der Waals surface area contributed by atoms with Gasteiger partial charge >= 0.3 is 0 Å². The SMILES string of the molecule is CCN(CC)S(=O)(=O)c1ccc(/C(O)=C2\C(=O)C(=O)N(CCOC)C2c2ccccc2)cc1. The Morgan fingerprint density at radius 1 is 1.03 bits per heavy atom. The Kier molecular flexibility index (Phi) is 7.68. The molecule has 1 atom stereocenters. The van der Waals surface area contributed by atoms with Gasteiger partial charge in [0.25, 0.3) is 11.7 Å². The van der Waals surface area contributed by atoms with Gasteiger partial charge < -0.3 is 14.7 Å². The summed E-state index contributed by atoms with van der Waals surface area (Å²) in [4.78, 5) is 27.1. The molecule has 1 unspecified atom stereocenters. The van der Waals surface area contributed by atoms with Crippen molar-refractivity contribution in [3.8, 4) is 0 Å². The molecule has 1 heterocycles. The van der Waals surface area contributed by atoms with Crippen molar-refractivity contribution in [2.75, 3.05) is 33.4 Å². The number of hydrogen-bond acceptors (Lipinski definition) is 6. The summed E-state index contributed by atoms with van der Waals surface area (Å²) < 4.78 is 31.9. The number of likely N-dealkylation sites (tertiary alicyclic amines) is 1. The number of carbonyl (C=O) groups excluding carboxylic acids is 2. The number of ether oxygens (including phenoxy) is 1. The predicted octanol–water partition coefficient (Wildman–Crippen LogP) is 2.79. The van der Waals surface area contributed by atoms with E-state index in [0.29, 0.717) is 18.7 Å². The van der Waals surface area contributed by atoms with Crippen LogP contribution >= 0.6 is 0 Å². The second-order valence-corrected chi connectivity index (χ2v) is 9.45. The summed E-state index contributed by atoms with van der Waals surface area (Å²) in [5.41, 5.74) is 0.885. The summed E-state index contributed by atoms with van der Waals surface area (Å²) in [5, 5.41) is 11.1. The van der Waals surface area contributed by atoms with E-state index in [1.165, 1.54) is 40.6 Å². The first-order valence-corrected chi connectivity index (χ1v) is 12.1. The molecule has 1 amide bonds. The van der Waals surface area contributed by atoms with Gasteiger partial charge in [-0.2, -0.15) is 4.31 Å². The third-order valence-electron chi connectivity index (χ3n) is 5.66. The van der Waals surface area contributed by atoms with Crippen LogP contribution in [0.1, 0.15) is 31.0 Å². The number of aliphatic hydroxyl groups excluding tert-OH is 1. The van der Waals surface area contributed by atoms with Crippen LogP contribution in [0.5, 0.6) is 0 Å². The maximum Gasteiger partial charge on any atom is 0.295 e. The lowest BCUT2D eigenvalue weighted by atomic mass is 9.95. The summed E-state index contributed by atoms with van der Waals surface area (Å²) in [6, 6.07) is 13.8. The number of amides is 1. The number of nitrogens with zero attached hydrogens (tertiary/aromatic N) is 2. The van der Waals surface area contributed by atoms with Crippen LogP contribution in [-0.4, -0.2) is 67.8 Å². The van der Waals surface area contributed by atoms with Crippen molar-refractivity contribution in [2.24, 2.45) is 0 Å². The molecule has 2 aromatic rings. The molecule has 1 aliphatic heterocycles. The van der Waals surface area contributed by atoms with Crippen LogP contribution in [0.4, 0.5) is 0 Å². The van der Waals surface area contributed by atoms with Gasteiger partial charge in [-0.3, -0.25) is 9.59 Å². The van der Waals surface area contributed by atoms with Crippen molar-refractivity contribution >= 4 is 27.5 Å². The summed E-state index contributed by atoms with van der Waals surface area (Å²) in [5.74, 6) is -1.87. The molecule has 33 heavy (non-hydrogen) atoms. The molecule has 8 nitrogen and oxygen atoms in total. The molecule has 1 N–H and O–H groups in total. The highest BCUT2D eigenvalue weighted by Crippen LogP contribution is 2.39. The lowest BCUT2D eigenvalue weighted by Gasteiger charge is -2.25. The van der Waals surface area contributed by atoms with Gasteiger partial charge in [-0.05, 0) is 29.8 Å². The first kappa shape index (κ1) is 24.6. The van der Waals surface area contributed by atoms with E-state index in [2.05, 4.69) is 0 Å². The van der Waals surface area contributed by atoms with Crippen LogP contribution in [0.3, 0.4) is 0 Å². The van der Waals surface area contributed by atoms with Gasteiger partial charge in [-0.1, -0.05) is 44.2 Å². The highest BCUT2D eigenvalue weighted by Gasteiger charge is 2.45. The molecule has 0 aliphatic carbocycles. The second kappa shape index (κ2) is 10.3. The fraction of sp³-hybridized carbons (Fsp3) is 0.333. The minimum absolute atomic E-state index is 0.0401. The van der Waals surface area contributed by atoms with E-state index in [1.807, 2.05) is 6.07 Å². The molecule has 1 fully saturated rings. The number of benzene rings is 2. The Balaban J connectivity index is 2.07. The van der Waals surface area contributed by atoms with Crippen LogP contribution in [0.2, 0.25) is 0 Å². The minimum atomic E-state index is -3.66. The van der Waals surface area contributed by atoms with E-state index in [-0.39, 0.29) is 34.9 Å². The zero-order chi connectivity index (χ0) is 24.2. The quantitative estimate of drug-likeness (QED) is 0.342. The Bertz CT molecular complexity index is 1140. The summed E-state index contributed by atoms with van der Waals surface area (Å²) in [6.07, 6.45) is 0. The monoisotopic (exact) mass is 472 g/mol. The number of hydrogen-bond donors (Lipinski definition) is 1. The topological polar surface area (TPSA) is 104 Å². The Labute approximate surface area is 194 Å². The van der Waals surface area contributed by atoms with E-state index in [4.69, 9.17) is 4.74 Å². The molecule has 0 saturated carbocycles. The van der Waals surface area contributed by atoms with Gasteiger partial charge in [0.1, 0.15) is 5.76 Å². The number of Topliss-reactive ketones (excluding diaryl/α,β-unsaturated/α-hetero) is 1. The molecule has 176 valence electrons. The molecular formula is C24H28N2O6S. The van der Waals surface area contributed by atoms with Gasteiger partial charge in [0.15, 0.2) is 0 Å². The Morgan fingerprint density at radius 3 is 2.18 bits per heavy atom. The zero-order valence-electron chi connectivity index (χ0n) is 18.9. The molecule has 2 aromatic carbocycles.